The Hall–Kier alpha value is -4.07. The van der Waals surface area contributed by atoms with Gasteiger partial charge in [0.2, 0.25) is 5.91 Å². The minimum absolute atomic E-state index is 0.00236. The van der Waals surface area contributed by atoms with E-state index in [9.17, 15) is 19.7 Å². The highest BCUT2D eigenvalue weighted by Crippen LogP contribution is 2.32. The number of nitrogens with zero attached hydrogens (tertiary/aromatic N) is 3. The van der Waals surface area contributed by atoms with Crippen LogP contribution in [0.2, 0.25) is 0 Å². The Morgan fingerprint density at radius 1 is 1.07 bits per heavy atom. The molecule has 2 aromatic carbocycles. The molecular weight excluding hydrogens is 374 g/mol. The lowest BCUT2D eigenvalue weighted by atomic mass is 10.1. The average molecular weight is 391 g/mol. The maximum atomic E-state index is 11.8. The Labute approximate surface area is 166 Å². The minimum Gasteiger partial charge on any atom is -0.426 e. The summed E-state index contributed by atoms with van der Waals surface area (Å²) in [4.78, 5) is 33.5. The number of carbonyl (C=O) groups excluding carboxylic acids is 2. The third-order valence-corrected chi connectivity index (χ3v) is 4.02. The lowest BCUT2D eigenvalue weighted by molar-refractivity contribution is -0.384. The van der Waals surface area contributed by atoms with Gasteiger partial charge in [-0.3, -0.25) is 19.7 Å². The van der Waals surface area contributed by atoms with Crippen molar-refractivity contribution in [3.05, 3.63) is 76.0 Å². The Morgan fingerprint density at radius 3 is 2.38 bits per heavy atom. The zero-order chi connectivity index (χ0) is 21.0. The topological polar surface area (TPSA) is 104 Å². The highest BCUT2D eigenvalue weighted by atomic mass is 16.6. The lowest BCUT2D eigenvalue weighted by Crippen LogP contribution is -2.06. The van der Waals surface area contributed by atoms with Crippen molar-refractivity contribution in [1.29, 1.82) is 0 Å². The number of nitro benzene ring substituents is 1. The fraction of sp³-hybridized carbons (Fsp3) is 0.0952. The molecule has 0 atom stereocenters. The molecule has 0 N–H and O–H groups in total. The van der Waals surface area contributed by atoms with Crippen LogP contribution in [0.15, 0.2) is 54.7 Å². The third-order valence-electron chi connectivity index (χ3n) is 4.02. The van der Waals surface area contributed by atoms with Crippen molar-refractivity contribution in [2.75, 3.05) is 0 Å². The summed E-state index contributed by atoms with van der Waals surface area (Å²) in [7, 11) is 0. The van der Waals surface area contributed by atoms with Gasteiger partial charge >= 0.3 is 5.97 Å². The number of para-hydroxylation sites is 1. The first-order chi connectivity index (χ1) is 13.8. The fourth-order valence-electron chi connectivity index (χ4n) is 2.68. The van der Waals surface area contributed by atoms with E-state index in [4.69, 9.17) is 4.74 Å². The summed E-state index contributed by atoms with van der Waals surface area (Å²) >= 11 is 0. The Morgan fingerprint density at radius 2 is 1.76 bits per heavy atom. The van der Waals surface area contributed by atoms with Gasteiger partial charge in [0.1, 0.15) is 11.4 Å². The predicted molar refractivity (Wildman–Crippen MR) is 107 cm³/mol. The van der Waals surface area contributed by atoms with Crippen molar-refractivity contribution >= 4 is 29.7 Å². The molecule has 0 saturated carbocycles. The third kappa shape index (κ3) is 4.62. The fourth-order valence-corrected chi connectivity index (χ4v) is 2.68. The lowest BCUT2D eigenvalue weighted by Gasteiger charge is -2.07. The van der Waals surface area contributed by atoms with E-state index in [2.05, 4.69) is 5.10 Å². The summed E-state index contributed by atoms with van der Waals surface area (Å²) in [6.07, 6.45) is 5.07. The number of rotatable bonds is 5. The van der Waals surface area contributed by atoms with Crippen LogP contribution in [0.5, 0.6) is 5.75 Å². The first kappa shape index (κ1) is 19.7. The van der Waals surface area contributed by atoms with Gasteiger partial charge in [-0.05, 0) is 29.8 Å². The van der Waals surface area contributed by atoms with Crippen molar-refractivity contribution < 1.29 is 19.2 Å². The second-order valence-electron chi connectivity index (χ2n) is 6.17. The second-order valence-corrected chi connectivity index (χ2v) is 6.17. The summed E-state index contributed by atoms with van der Waals surface area (Å²) in [6, 6.07) is 13.0. The number of non-ortho nitro benzene ring substituents is 1. The van der Waals surface area contributed by atoms with Crippen LogP contribution in [-0.4, -0.2) is 26.6 Å². The molecule has 0 saturated heterocycles. The summed E-state index contributed by atoms with van der Waals surface area (Å²) in [5.74, 6) is -0.406. The quantitative estimate of drug-likeness (QED) is 0.279. The van der Waals surface area contributed by atoms with Crippen LogP contribution in [-0.2, 0) is 4.79 Å². The maximum Gasteiger partial charge on any atom is 0.308 e. The predicted octanol–water partition coefficient (Wildman–Crippen LogP) is 4.21. The summed E-state index contributed by atoms with van der Waals surface area (Å²) < 4.78 is 6.47. The molecule has 3 rings (SSSR count). The van der Waals surface area contributed by atoms with Gasteiger partial charge in [-0.25, -0.2) is 4.68 Å². The molecule has 1 heterocycles. The van der Waals surface area contributed by atoms with Crippen LogP contribution in [0.1, 0.15) is 29.8 Å². The number of aromatic nitrogens is 2. The highest BCUT2D eigenvalue weighted by molar-refractivity contribution is 5.85. The van der Waals surface area contributed by atoms with Crippen LogP contribution in [0, 0.1) is 10.1 Å². The maximum absolute atomic E-state index is 11.8. The van der Waals surface area contributed by atoms with Crippen molar-refractivity contribution in [2.45, 2.75) is 13.8 Å². The van der Waals surface area contributed by atoms with E-state index in [1.807, 2.05) is 0 Å². The van der Waals surface area contributed by atoms with Crippen LogP contribution >= 0.6 is 0 Å². The van der Waals surface area contributed by atoms with Crippen LogP contribution in [0.4, 0.5) is 5.69 Å². The Bertz CT molecular complexity index is 1110. The Balaban J connectivity index is 2.03. The Kier molecular flexibility index (Phi) is 5.64. The van der Waals surface area contributed by atoms with Gasteiger partial charge in [-0.15, -0.1) is 0 Å². The SMILES string of the molecule is CC(=O)Oc1ccccc1-c1nn(C(C)=O)cc1/C=C/c1ccc([N+](=O)[O-])cc1. The summed E-state index contributed by atoms with van der Waals surface area (Å²) in [6.45, 7) is 2.69. The van der Waals surface area contributed by atoms with Gasteiger partial charge in [0.05, 0.1) is 4.92 Å². The molecule has 1 aromatic heterocycles. The number of ether oxygens (including phenoxy) is 1. The molecule has 0 aliphatic heterocycles. The van der Waals surface area contributed by atoms with Gasteiger partial charge in [0.15, 0.2) is 0 Å². The van der Waals surface area contributed by atoms with Gasteiger partial charge in [-0.2, -0.15) is 5.10 Å². The molecule has 0 aliphatic rings. The molecule has 3 aromatic rings. The molecule has 8 heteroatoms. The van der Waals surface area contributed by atoms with E-state index in [-0.39, 0.29) is 11.6 Å². The standard InChI is InChI=1S/C21H17N3O5/c1-14(25)23-13-17(10-7-16-8-11-18(12-9-16)24(27)28)21(22-23)19-5-3-4-6-20(19)29-15(2)26/h3-13H,1-2H3/b10-7+. The molecule has 0 radical (unpaired) electrons. The molecule has 29 heavy (non-hydrogen) atoms. The number of hydrogen-bond acceptors (Lipinski definition) is 6. The zero-order valence-corrected chi connectivity index (χ0v) is 15.7. The molecule has 0 bridgehead atoms. The van der Waals surface area contributed by atoms with Crippen molar-refractivity contribution in [1.82, 2.24) is 9.78 Å². The molecule has 8 nitrogen and oxygen atoms in total. The minimum atomic E-state index is -0.466. The largest absolute Gasteiger partial charge is 0.426 e. The molecule has 0 aliphatic carbocycles. The number of carbonyl (C=O) groups is 2. The molecule has 0 amide bonds. The van der Waals surface area contributed by atoms with Gasteiger partial charge in [-0.1, -0.05) is 24.3 Å². The van der Waals surface area contributed by atoms with Crippen molar-refractivity contribution in [3.63, 3.8) is 0 Å². The second kappa shape index (κ2) is 8.30. The molecule has 0 unspecified atom stereocenters. The van der Waals surface area contributed by atoms with Gasteiger partial charge in [0.25, 0.3) is 5.69 Å². The monoisotopic (exact) mass is 391 g/mol. The van der Waals surface area contributed by atoms with Crippen molar-refractivity contribution in [3.8, 4) is 17.0 Å². The van der Waals surface area contributed by atoms with E-state index in [0.717, 1.165) is 5.56 Å². The van der Waals surface area contributed by atoms with E-state index in [1.165, 1.54) is 30.7 Å². The smallest absolute Gasteiger partial charge is 0.308 e. The van der Waals surface area contributed by atoms with Crippen molar-refractivity contribution in [2.24, 2.45) is 0 Å². The highest BCUT2D eigenvalue weighted by Gasteiger charge is 2.16. The summed E-state index contributed by atoms with van der Waals surface area (Å²) in [5, 5.41) is 15.1. The van der Waals surface area contributed by atoms with E-state index < -0.39 is 10.9 Å². The van der Waals surface area contributed by atoms with E-state index >= 15 is 0 Å². The van der Waals surface area contributed by atoms with Gasteiger partial charge < -0.3 is 4.74 Å². The van der Waals surface area contributed by atoms with Crippen LogP contribution < -0.4 is 4.74 Å². The molecule has 0 spiro atoms. The first-order valence-corrected chi connectivity index (χ1v) is 8.66. The normalized spacial score (nSPS) is 10.8. The van der Waals surface area contributed by atoms with E-state index in [0.29, 0.717) is 22.6 Å². The number of esters is 1. The summed E-state index contributed by atoms with van der Waals surface area (Å²) in [5.41, 5.74) is 2.40. The number of benzene rings is 2. The number of nitro groups is 1. The van der Waals surface area contributed by atoms with E-state index in [1.54, 1.807) is 54.7 Å². The molecule has 0 fully saturated rings. The molecule has 146 valence electrons. The van der Waals surface area contributed by atoms with Crippen LogP contribution in [0.25, 0.3) is 23.4 Å². The van der Waals surface area contributed by atoms with Gasteiger partial charge in [0, 0.05) is 43.3 Å². The molecular formula is C21H17N3O5. The zero-order valence-electron chi connectivity index (χ0n) is 15.7. The van der Waals surface area contributed by atoms with Crippen LogP contribution in [0.3, 0.4) is 0 Å². The number of hydrogen-bond donors (Lipinski definition) is 0. The average Bonchev–Trinajstić information content (AvgIpc) is 3.11. The first-order valence-electron chi connectivity index (χ1n) is 8.66.